The molecule has 1 N–H and O–H groups in total. The molecular formula is C17H18O3. The molecule has 2 aromatic rings. The second-order valence-corrected chi connectivity index (χ2v) is 5.17. The average molecular weight is 270 g/mol. The molecular weight excluding hydrogens is 252 g/mol. The maximum Gasteiger partial charge on any atom is 0.129 e. The van der Waals surface area contributed by atoms with Crippen LogP contribution in [0.2, 0.25) is 0 Å². The molecule has 20 heavy (non-hydrogen) atoms. The summed E-state index contributed by atoms with van der Waals surface area (Å²) in [5, 5.41) is 10.3. The Morgan fingerprint density at radius 3 is 2.60 bits per heavy atom. The van der Waals surface area contributed by atoms with Crippen molar-refractivity contribution < 1.29 is 14.6 Å². The smallest absolute Gasteiger partial charge is 0.129 e. The van der Waals surface area contributed by atoms with E-state index in [0.29, 0.717) is 12.2 Å². The minimum absolute atomic E-state index is 0.120. The van der Waals surface area contributed by atoms with Crippen molar-refractivity contribution in [1.29, 1.82) is 0 Å². The monoisotopic (exact) mass is 270 g/mol. The Morgan fingerprint density at radius 2 is 1.90 bits per heavy atom. The molecule has 0 fully saturated rings. The maximum atomic E-state index is 10.3. The van der Waals surface area contributed by atoms with Gasteiger partial charge < -0.3 is 14.6 Å². The summed E-state index contributed by atoms with van der Waals surface area (Å²) in [6.07, 6.45) is -0.0521. The van der Waals surface area contributed by atoms with Gasteiger partial charge in [0.1, 0.15) is 17.6 Å². The van der Waals surface area contributed by atoms with Gasteiger partial charge in [0.25, 0.3) is 0 Å². The molecule has 0 bridgehead atoms. The minimum atomic E-state index is -0.504. The van der Waals surface area contributed by atoms with Crippen molar-refractivity contribution in [2.45, 2.75) is 25.6 Å². The summed E-state index contributed by atoms with van der Waals surface area (Å²) in [7, 11) is 1.62. The van der Waals surface area contributed by atoms with Gasteiger partial charge in [0.2, 0.25) is 0 Å². The molecule has 3 heteroatoms. The van der Waals surface area contributed by atoms with E-state index in [1.165, 1.54) is 5.56 Å². The summed E-state index contributed by atoms with van der Waals surface area (Å²) in [4.78, 5) is 0. The van der Waals surface area contributed by atoms with E-state index >= 15 is 0 Å². The van der Waals surface area contributed by atoms with Gasteiger partial charge in [-0.25, -0.2) is 0 Å². The predicted octanol–water partition coefficient (Wildman–Crippen LogP) is 3.56. The normalized spacial score (nSPS) is 20.9. The first-order valence-corrected chi connectivity index (χ1v) is 6.76. The van der Waals surface area contributed by atoms with Crippen LogP contribution >= 0.6 is 0 Å². The zero-order chi connectivity index (χ0) is 14.1. The van der Waals surface area contributed by atoms with Crippen LogP contribution in [-0.4, -0.2) is 12.2 Å². The molecule has 0 amide bonds. The predicted molar refractivity (Wildman–Crippen MR) is 77.1 cm³/mol. The number of aryl methyl sites for hydroxylation is 1. The van der Waals surface area contributed by atoms with E-state index < -0.39 is 6.10 Å². The second-order valence-electron chi connectivity index (χ2n) is 5.17. The lowest BCUT2D eigenvalue weighted by molar-refractivity contribution is 0.0655. The van der Waals surface area contributed by atoms with Crippen LogP contribution in [0.4, 0.5) is 0 Å². The summed E-state index contributed by atoms with van der Waals surface area (Å²) < 4.78 is 11.2. The number of ether oxygens (including phenoxy) is 2. The van der Waals surface area contributed by atoms with Gasteiger partial charge >= 0.3 is 0 Å². The fourth-order valence-electron chi connectivity index (χ4n) is 2.54. The molecule has 2 atom stereocenters. The van der Waals surface area contributed by atoms with Crippen molar-refractivity contribution in [2.24, 2.45) is 0 Å². The van der Waals surface area contributed by atoms with Gasteiger partial charge in [-0.1, -0.05) is 29.8 Å². The molecule has 0 spiro atoms. The average Bonchev–Trinajstić information content (AvgIpc) is 2.47. The SMILES string of the molecule is COc1ccc2c(c1)OC(c1ccc(C)cc1)CC2O. The zero-order valence-electron chi connectivity index (χ0n) is 11.7. The Balaban J connectivity index is 1.92. The number of hydrogen-bond donors (Lipinski definition) is 1. The summed E-state index contributed by atoms with van der Waals surface area (Å²) in [6, 6.07) is 13.8. The molecule has 3 nitrogen and oxygen atoms in total. The van der Waals surface area contributed by atoms with Gasteiger partial charge in [-0.3, -0.25) is 0 Å². The Kier molecular flexibility index (Phi) is 3.36. The molecule has 0 radical (unpaired) electrons. The Hall–Kier alpha value is -2.00. The Labute approximate surface area is 118 Å². The number of aliphatic hydroxyl groups excluding tert-OH is 1. The first-order valence-electron chi connectivity index (χ1n) is 6.76. The minimum Gasteiger partial charge on any atom is -0.497 e. The highest BCUT2D eigenvalue weighted by Gasteiger charge is 2.28. The Morgan fingerprint density at radius 1 is 1.15 bits per heavy atom. The lowest BCUT2D eigenvalue weighted by Gasteiger charge is -2.30. The topological polar surface area (TPSA) is 38.7 Å². The molecule has 104 valence electrons. The molecule has 2 aromatic carbocycles. The molecule has 0 aliphatic carbocycles. The Bertz CT molecular complexity index is 604. The van der Waals surface area contributed by atoms with E-state index in [4.69, 9.17) is 9.47 Å². The van der Waals surface area contributed by atoms with Crippen molar-refractivity contribution in [3.8, 4) is 11.5 Å². The van der Waals surface area contributed by atoms with E-state index in [-0.39, 0.29) is 6.10 Å². The number of methoxy groups -OCH3 is 1. The van der Waals surface area contributed by atoms with Crippen molar-refractivity contribution in [1.82, 2.24) is 0 Å². The fraction of sp³-hybridized carbons (Fsp3) is 0.294. The lowest BCUT2D eigenvalue weighted by atomic mass is 9.94. The van der Waals surface area contributed by atoms with E-state index in [1.807, 2.05) is 18.2 Å². The van der Waals surface area contributed by atoms with Crippen LogP contribution < -0.4 is 9.47 Å². The molecule has 1 heterocycles. The van der Waals surface area contributed by atoms with Crippen LogP contribution in [0.15, 0.2) is 42.5 Å². The fourth-order valence-corrected chi connectivity index (χ4v) is 2.54. The first kappa shape index (κ1) is 13.0. The van der Waals surface area contributed by atoms with Gasteiger partial charge in [-0.05, 0) is 24.6 Å². The zero-order valence-corrected chi connectivity index (χ0v) is 11.7. The molecule has 1 aliphatic rings. The number of fused-ring (bicyclic) bond motifs is 1. The van der Waals surface area contributed by atoms with Crippen molar-refractivity contribution in [2.75, 3.05) is 7.11 Å². The number of rotatable bonds is 2. The van der Waals surface area contributed by atoms with Crippen molar-refractivity contribution in [3.63, 3.8) is 0 Å². The van der Waals surface area contributed by atoms with Crippen LogP contribution in [0.5, 0.6) is 11.5 Å². The molecule has 2 unspecified atom stereocenters. The number of benzene rings is 2. The van der Waals surface area contributed by atoms with Crippen LogP contribution in [0.3, 0.4) is 0 Å². The highest BCUT2D eigenvalue weighted by atomic mass is 16.5. The summed E-state index contributed by atoms with van der Waals surface area (Å²) in [5.41, 5.74) is 3.13. The molecule has 0 aromatic heterocycles. The van der Waals surface area contributed by atoms with Crippen LogP contribution in [-0.2, 0) is 0 Å². The van der Waals surface area contributed by atoms with Crippen molar-refractivity contribution >= 4 is 0 Å². The standard InChI is InChI=1S/C17H18O3/c1-11-3-5-12(6-4-11)16-10-15(18)14-8-7-13(19-2)9-17(14)20-16/h3-9,15-16,18H,10H2,1-2H3. The van der Waals surface area contributed by atoms with Gasteiger partial charge in [-0.2, -0.15) is 0 Å². The summed E-state index contributed by atoms with van der Waals surface area (Å²) in [5.74, 6) is 1.44. The van der Waals surface area contributed by atoms with E-state index in [2.05, 4.69) is 31.2 Å². The number of aliphatic hydroxyl groups is 1. The van der Waals surface area contributed by atoms with E-state index in [0.717, 1.165) is 16.9 Å². The van der Waals surface area contributed by atoms with E-state index in [9.17, 15) is 5.11 Å². The quantitative estimate of drug-likeness (QED) is 0.906. The van der Waals surface area contributed by atoms with Gasteiger partial charge in [0, 0.05) is 18.1 Å². The molecule has 0 saturated carbocycles. The van der Waals surface area contributed by atoms with Crippen LogP contribution in [0.25, 0.3) is 0 Å². The van der Waals surface area contributed by atoms with Crippen LogP contribution in [0, 0.1) is 6.92 Å². The second kappa shape index (κ2) is 5.17. The van der Waals surface area contributed by atoms with Gasteiger partial charge in [0.05, 0.1) is 13.2 Å². The largest absolute Gasteiger partial charge is 0.497 e. The third-order valence-corrected chi connectivity index (χ3v) is 3.74. The lowest BCUT2D eigenvalue weighted by Crippen LogP contribution is -2.19. The van der Waals surface area contributed by atoms with Crippen molar-refractivity contribution in [3.05, 3.63) is 59.2 Å². The highest BCUT2D eigenvalue weighted by molar-refractivity contribution is 5.44. The first-order chi connectivity index (χ1) is 9.67. The van der Waals surface area contributed by atoms with Gasteiger partial charge in [0.15, 0.2) is 0 Å². The molecule has 0 saturated heterocycles. The third-order valence-electron chi connectivity index (χ3n) is 3.74. The summed E-state index contributed by atoms with van der Waals surface area (Å²) in [6.45, 7) is 2.06. The van der Waals surface area contributed by atoms with Crippen LogP contribution in [0.1, 0.15) is 35.3 Å². The molecule has 1 aliphatic heterocycles. The maximum absolute atomic E-state index is 10.3. The highest BCUT2D eigenvalue weighted by Crippen LogP contribution is 2.42. The number of hydrogen-bond acceptors (Lipinski definition) is 3. The van der Waals surface area contributed by atoms with Gasteiger partial charge in [-0.15, -0.1) is 0 Å². The van der Waals surface area contributed by atoms with E-state index in [1.54, 1.807) is 7.11 Å². The molecule has 3 rings (SSSR count). The summed E-state index contributed by atoms with van der Waals surface area (Å²) >= 11 is 0. The third kappa shape index (κ3) is 2.37.